The number of hydrogen-bond acceptors (Lipinski definition) is 3. The number of methoxy groups -OCH3 is 2. The third kappa shape index (κ3) is 5.97. The molecule has 2 aromatic rings. The van der Waals surface area contributed by atoms with Crippen LogP contribution in [0.2, 0.25) is 10.0 Å². The average molecular weight is 394 g/mol. The first-order chi connectivity index (χ1) is 12.5. The highest BCUT2D eigenvalue weighted by Crippen LogP contribution is 2.27. The van der Waals surface area contributed by atoms with Crippen molar-refractivity contribution in [1.82, 2.24) is 5.32 Å². The number of rotatable bonds is 8. The smallest absolute Gasteiger partial charge is 0.244 e. The standard InChI is InChI=1S/C20H21Cl2NO3/c1-25-18-9-5-14(12-19(18)26-2)4-3-11-23-20(24)10-7-15-6-8-16(21)13-17(15)22/h5-10,12-13H,3-4,11H2,1-2H3,(H,23,24)/b10-7+. The van der Waals surface area contributed by atoms with Crippen molar-refractivity contribution in [2.24, 2.45) is 0 Å². The van der Waals surface area contributed by atoms with Gasteiger partial charge in [-0.25, -0.2) is 0 Å². The van der Waals surface area contributed by atoms with Crippen LogP contribution >= 0.6 is 23.2 Å². The molecule has 0 heterocycles. The predicted molar refractivity (Wildman–Crippen MR) is 106 cm³/mol. The summed E-state index contributed by atoms with van der Waals surface area (Å²) >= 11 is 11.9. The zero-order valence-corrected chi connectivity index (χ0v) is 16.2. The fourth-order valence-corrected chi connectivity index (χ4v) is 2.87. The number of nitrogens with one attached hydrogen (secondary N) is 1. The predicted octanol–water partition coefficient (Wildman–Crippen LogP) is 4.77. The average Bonchev–Trinajstić information content (AvgIpc) is 2.64. The molecule has 6 heteroatoms. The van der Waals surface area contributed by atoms with Crippen LogP contribution in [0.4, 0.5) is 0 Å². The van der Waals surface area contributed by atoms with Crippen molar-refractivity contribution in [1.29, 1.82) is 0 Å². The molecule has 0 aliphatic heterocycles. The van der Waals surface area contributed by atoms with Crippen LogP contribution in [-0.4, -0.2) is 26.7 Å². The summed E-state index contributed by atoms with van der Waals surface area (Å²) in [4.78, 5) is 11.9. The summed E-state index contributed by atoms with van der Waals surface area (Å²) in [6.07, 6.45) is 4.78. The number of benzene rings is 2. The van der Waals surface area contributed by atoms with Crippen molar-refractivity contribution < 1.29 is 14.3 Å². The van der Waals surface area contributed by atoms with Crippen LogP contribution in [0.25, 0.3) is 6.08 Å². The fraction of sp³-hybridized carbons (Fsp3) is 0.250. The van der Waals surface area contributed by atoms with Crippen molar-refractivity contribution in [2.45, 2.75) is 12.8 Å². The Morgan fingerprint density at radius 3 is 2.54 bits per heavy atom. The van der Waals surface area contributed by atoms with Crippen molar-refractivity contribution in [3.05, 3.63) is 63.6 Å². The topological polar surface area (TPSA) is 47.6 Å². The molecule has 0 fully saturated rings. The third-order valence-corrected chi connectivity index (χ3v) is 4.33. The Morgan fingerprint density at radius 1 is 1.08 bits per heavy atom. The van der Waals surface area contributed by atoms with E-state index in [1.54, 1.807) is 38.5 Å². The Morgan fingerprint density at radius 2 is 1.85 bits per heavy atom. The van der Waals surface area contributed by atoms with Gasteiger partial charge in [-0.1, -0.05) is 35.3 Å². The van der Waals surface area contributed by atoms with Crippen molar-refractivity contribution >= 4 is 35.2 Å². The zero-order chi connectivity index (χ0) is 18.9. The molecule has 0 unspecified atom stereocenters. The van der Waals surface area contributed by atoms with Crippen LogP contribution in [0.5, 0.6) is 11.5 Å². The molecule has 1 amide bonds. The van der Waals surface area contributed by atoms with Crippen LogP contribution in [0.15, 0.2) is 42.5 Å². The maximum absolute atomic E-state index is 11.9. The second kappa shape index (κ2) is 10.1. The molecule has 0 saturated carbocycles. The van der Waals surface area contributed by atoms with Crippen LogP contribution in [0.1, 0.15) is 17.5 Å². The van der Waals surface area contributed by atoms with Gasteiger partial charge in [0.2, 0.25) is 5.91 Å². The molecule has 2 aromatic carbocycles. The van der Waals surface area contributed by atoms with E-state index in [1.807, 2.05) is 18.2 Å². The van der Waals surface area contributed by atoms with Gasteiger partial charge in [0.25, 0.3) is 0 Å². The molecular weight excluding hydrogens is 373 g/mol. The highest BCUT2D eigenvalue weighted by Gasteiger charge is 2.05. The minimum absolute atomic E-state index is 0.164. The molecule has 0 spiro atoms. The molecule has 2 rings (SSSR count). The van der Waals surface area contributed by atoms with Crippen LogP contribution in [0, 0.1) is 0 Å². The Kier molecular flexibility index (Phi) is 7.82. The monoisotopic (exact) mass is 393 g/mol. The maximum atomic E-state index is 11.9. The van der Waals surface area contributed by atoms with Gasteiger partial charge in [0, 0.05) is 22.7 Å². The summed E-state index contributed by atoms with van der Waals surface area (Å²) in [5, 5.41) is 3.93. The maximum Gasteiger partial charge on any atom is 0.244 e. The Hall–Kier alpha value is -2.17. The van der Waals surface area contributed by atoms with Gasteiger partial charge >= 0.3 is 0 Å². The largest absolute Gasteiger partial charge is 0.493 e. The minimum Gasteiger partial charge on any atom is -0.493 e. The van der Waals surface area contributed by atoms with Gasteiger partial charge in [-0.2, -0.15) is 0 Å². The number of halogens is 2. The molecular formula is C20H21Cl2NO3. The lowest BCUT2D eigenvalue weighted by Gasteiger charge is -2.09. The van der Waals surface area contributed by atoms with Crippen LogP contribution in [-0.2, 0) is 11.2 Å². The van der Waals surface area contributed by atoms with E-state index in [1.165, 1.54) is 6.08 Å². The number of amides is 1. The molecule has 4 nitrogen and oxygen atoms in total. The van der Waals surface area contributed by atoms with Gasteiger partial charge < -0.3 is 14.8 Å². The van der Waals surface area contributed by atoms with E-state index >= 15 is 0 Å². The summed E-state index contributed by atoms with van der Waals surface area (Å²) in [6, 6.07) is 11.0. The summed E-state index contributed by atoms with van der Waals surface area (Å²) < 4.78 is 10.5. The highest BCUT2D eigenvalue weighted by molar-refractivity contribution is 6.35. The normalized spacial score (nSPS) is 10.8. The van der Waals surface area contributed by atoms with Gasteiger partial charge in [0.1, 0.15) is 0 Å². The first kappa shape index (κ1) is 20.1. The number of hydrogen-bond donors (Lipinski definition) is 1. The molecule has 0 aliphatic carbocycles. The molecule has 0 bridgehead atoms. The Labute approximate surface area is 163 Å². The number of ether oxygens (including phenoxy) is 2. The summed E-state index contributed by atoms with van der Waals surface area (Å²) in [6.45, 7) is 0.575. The molecule has 138 valence electrons. The van der Waals surface area contributed by atoms with Crippen molar-refractivity contribution in [3.63, 3.8) is 0 Å². The first-order valence-corrected chi connectivity index (χ1v) is 8.91. The summed E-state index contributed by atoms with van der Waals surface area (Å²) in [7, 11) is 3.22. The highest BCUT2D eigenvalue weighted by atomic mass is 35.5. The van der Waals surface area contributed by atoms with Crippen molar-refractivity contribution in [3.8, 4) is 11.5 Å². The quantitative estimate of drug-likeness (QED) is 0.518. The Balaban J connectivity index is 1.79. The SMILES string of the molecule is COc1ccc(CCCNC(=O)/C=C/c2ccc(Cl)cc2Cl)cc1OC. The van der Waals surface area contributed by atoms with Gasteiger partial charge in [0.15, 0.2) is 11.5 Å². The van der Waals surface area contributed by atoms with Crippen LogP contribution in [0.3, 0.4) is 0 Å². The number of carbonyl (C=O) groups excluding carboxylic acids is 1. The lowest BCUT2D eigenvalue weighted by Crippen LogP contribution is -2.22. The van der Waals surface area contributed by atoms with Gasteiger partial charge in [0.05, 0.1) is 14.2 Å². The van der Waals surface area contributed by atoms with E-state index in [-0.39, 0.29) is 5.91 Å². The summed E-state index contributed by atoms with van der Waals surface area (Å²) in [5.41, 5.74) is 1.87. The van der Waals surface area contributed by atoms with E-state index in [0.29, 0.717) is 28.1 Å². The zero-order valence-electron chi connectivity index (χ0n) is 14.7. The molecule has 0 aliphatic rings. The van der Waals surface area contributed by atoms with Gasteiger partial charge in [-0.3, -0.25) is 4.79 Å². The molecule has 0 saturated heterocycles. The van der Waals surface area contributed by atoms with E-state index in [0.717, 1.165) is 24.0 Å². The molecule has 0 radical (unpaired) electrons. The van der Waals surface area contributed by atoms with Crippen molar-refractivity contribution in [2.75, 3.05) is 20.8 Å². The second-order valence-electron chi connectivity index (χ2n) is 5.58. The fourth-order valence-electron chi connectivity index (χ4n) is 2.40. The first-order valence-electron chi connectivity index (χ1n) is 8.15. The molecule has 0 atom stereocenters. The van der Waals surface area contributed by atoms with E-state index in [9.17, 15) is 4.79 Å². The third-order valence-electron chi connectivity index (χ3n) is 3.77. The van der Waals surface area contributed by atoms with Gasteiger partial charge in [-0.05, 0) is 54.3 Å². The van der Waals surface area contributed by atoms with E-state index < -0.39 is 0 Å². The second-order valence-corrected chi connectivity index (χ2v) is 6.43. The van der Waals surface area contributed by atoms with E-state index in [4.69, 9.17) is 32.7 Å². The molecule has 1 N–H and O–H groups in total. The minimum atomic E-state index is -0.164. The summed E-state index contributed by atoms with van der Waals surface area (Å²) in [5.74, 6) is 1.25. The number of carbonyl (C=O) groups is 1. The molecule has 26 heavy (non-hydrogen) atoms. The lowest BCUT2D eigenvalue weighted by atomic mass is 10.1. The number of aryl methyl sites for hydroxylation is 1. The molecule has 0 aromatic heterocycles. The van der Waals surface area contributed by atoms with E-state index in [2.05, 4.69) is 5.32 Å². The lowest BCUT2D eigenvalue weighted by molar-refractivity contribution is -0.116. The van der Waals surface area contributed by atoms with Crippen LogP contribution < -0.4 is 14.8 Å². The Bertz CT molecular complexity index is 791. The van der Waals surface area contributed by atoms with Gasteiger partial charge in [-0.15, -0.1) is 0 Å².